The molecule has 0 bridgehead atoms. The number of nitrogens with zero attached hydrogens (tertiary/aromatic N) is 2. The van der Waals surface area contributed by atoms with Crippen LogP contribution in [0.5, 0.6) is 0 Å². The maximum atomic E-state index is 12.3. The standard InChI is InChI=1S/C16H12N2OS/c1-11-16(20-18-17-11)15(19)14-9-7-13(8-10-14)12-5-3-2-4-6-12/h2-10H,1H3. The van der Waals surface area contributed by atoms with Gasteiger partial charge in [-0.15, -0.1) is 5.10 Å². The molecule has 3 rings (SSSR count). The van der Waals surface area contributed by atoms with Crippen LogP contribution in [0.25, 0.3) is 11.1 Å². The normalized spacial score (nSPS) is 10.4. The largest absolute Gasteiger partial charge is 0.288 e. The van der Waals surface area contributed by atoms with E-state index in [1.165, 1.54) is 0 Å². The molecule has 0 aliphatic rings. The van der Waals surface area contributed by atoms with Crippen LogP contribution in [0.4, 0.5) is 0 Å². The smallest absolute Gasteiger partial charge is 0.206 e. The van der Waals surface area contributed by atoms with Gasteiger partial charge in [0.1, 0.15) is 4.88 Å². The molecule has 0 unspecified atom stereocenters. The number of benzene rings is 2. The van der Waals surface area contributed by atoms with Crippen molar-refractivity contribution < 1.29 is 4.79 Å². The predicted octanol–water partition coefficient (Wildman–Crippen LogP) is 3.74. The topological polar surface area (TPSA) is 42.9 Å². The lowest BCUT2D eigenvalue weighted by molar-refractivity contribution is 0.104. The number of rotatable bonds is 3. The second-order valence-corrected chi connectivity index (χ2v) is 5.21. The maximum absolute atomic E-state index is 12.3. The summed E-state index contributed by atoms with van der Waals surface area (Å²) in [4.78, 5) is 12.9. The molecule has 3 aromatic rings. The molecule has 2 aromatic carbocycles. The highest BCUT2D eigenvalue weighted by Crippen LogP contribution is 2.21. The van der Waals surface area contributed by atoms with Crippen LogP contribution in [0, 0.1) is 6.92 Å². The van der Waals surface area contributed by atoms with Gasteiger partial charge in [-0.2, -0.15) is 0 Å². The molecule has 0 atom stereocenters. The Morgan fingerprint density at radius 1 is 0.950 bits per heavy atom. The van der Waals surface area contributed by atoms with Crippen LogP contribution < -0.4 is 0 Å². The fourth-order valence-electron chi connectivity index (χ4n) is 2.02. The SMILES string of the molecule is Cc1nnsc1C(=O)c1ccc(-c2ccccc2)cc1. The van der Waals surface area contributed by atoms with E-state index < -0.39 is 0 Å². The molecule has 20 heavy (non-hydrogen) atoms. The molecular weight excluding hydrogens is 268 g/mol. The average Bonchev–Trinajstić information content (AvgIpc) is 2.94. The van der Waals surface area contributed by atoms with Crippen molar-refractivity contribution in [1.82, 2.24) is 9.59 Å². The number of aromatic nitrogens is 2. The number of hydrogen-bond acceptors (Lipinski definition) is 4. The highest BCUT2D eigenvalue weighted by molar-refractivity contribution is 7.08. The zero-order valence-electron chi connectivity index (χ0n) is 10.9. The third kappa shape index (κ3) is 2.38. The van der Waals surface area contributed by atoms with Gasteiger partial charge in [0.25, 0.3) is 0 Å². The summed E-state index contributed by atoms with van der Waals surface area (Å²) in [5.41, 5.74) is 3.59. The molecule has 0 aliphatic carbocycles. The van der Waals surface area contributed by atoms with Gasteiger partial charge in [-0.1, -0.05) is 59.1 Å². The lowest BCUT2D eigenvalue weighted by Gasteiger charge is -2.03. The van der Waals surface area contributed by atoms with E-state index in [1.807, 2.05) is 54.6 Å². The number of aryl methyl sites for hydroxylation is 1. The molecule has 0 spiro atoms. The quantitative estimate of drug-likeness (QED) is 0.686. The van der Waals surface area contributed by atoms with E-state index in [2.05, 4.69) is 9.59 Å². The number of carbonyl (C=O) groups is 1. The van der Waals surface area contributed by atoms with Gasteiger partial charge < -0.3 is 0 Å². The first-order valence-electron chi connectivity index (χ1n) is 6.25. The Morgan fingerprint density at radius 3 is 2.20 bits per heavy atom. The van der Waals surface area contributed by atoms with Crippen molar-refractivity contribution in [3.8, 4) is 11.1 Å². The molecule has 1 aromatic heterocycles. The monoisotopic (exact) mass is 280 g/mol. The molecule has 0 fully saturated rings. The molecule has 4 heteroatoms. The molecule has 1 heterocycles. The Kier molecular flexibility index (Phi) is 3.39. The van der Waals surface area contributed by atoms with Crippen molar-refractivity contribution >= 4 is 17.3 Å². The Balaban J connectivity index is 1.91. The highest BCUT2D eigenvalue weighted by atomic mass is 32.1. The Hall–Kier alpha value is -2.33. The van der Waals surface area contributed by atoms with Gasteiger partial charge in [0.15, 0.2) is 0 Å². The third-order valence-electron chi connectivity index (χ3n) is 3.11. The van der Waals surface area contributed by atoms with Crippen LogP contribution in [-0.2, 0) is 0 Å². The maximum Gasteiger partial charge on any atom is 0.206 e. The summed E-state index contributed by atoms with van der Waals surface area (Å²) in [6, 6.07) is 17.7. The first kappa shape index (κ1) is 12.7. The Morgan fingerprint density at radius 2 is 1.60 bits per heavy atom. The van der Waals surface area contributed by atoms with E-state index in [-0.39, 0.29) is 5.78 Å². The van der Waals surface area contributed by atoms with Crippen molar-refractivity contribution in [2.75, 3.05) is 0 Å². The van der Waals surface area contributed by atoms with Crippen molar-refractivity contribution in [3.05, 3.63) is 70.7 Å². The second kappa shape index (κ2) is 5.35. The number of carbonyl (C=O) groups excluding carboxylic acids is 1. The summed E-state index contributed by atoms with van der Waals surface area (Å²) in [5.74, 6) is -0.0166. The summed E-state index contributed by atoms with van der Waals surface area (Å²) >= 11 is 1.14. The van der Waals surface area contributed by atoms with Crippen LogP contribution in [0.3, 0.4) is 0 Å². The van der Waals surface area contributed by atoms with Gasteiger partial charge in [0, 0.05) is 5.56 Å². The number of ketones is 1. The number of hydrogen-bond donors (Lipinski definition) is 0. The zero-order valence-corrected chi connectivity index (χ0v) is 11.7. The van der Waals surface area contributed by atoms with E-state index in [0.29, 0.717) is 16.1 Å². The van der Waals surface area contributed by atoms with Gasteiger partial charge in [-0.05, 0) is 29.6 Å². The molecular formula is C16H12N2OS. The van der Waals surface area contributed by atoms with E-state index in [4.69, 9.17) is 0 Å². The minimum atomic E-state index is -0.0166. The summed E-state index contributed by atoms with van der Waals surface area (Å²) in [6.07, 6.45) is 0. The molecule has 0 radical (unpaired) electrons. The summed E-state index contributed by atoms with van der Waals surface area (Å²) in [5, 5.41) is 3.88. The molecule has 0 aliphatic heterocycles. The fourth-order valence-corrected chi connectivity index (χ4v) is 2.63. The van der Waals surface area contributed by atoms with Crippen LogP contribution in [0.1, 0.15) is 20.9 Å². The Bertz CT molecular complexity index is 733. The molecule has 0 saturated carbocycles. The van der Waals surface area contributed by atoms with Crippen LogP contribution in [0.2, 0.25) is 0 Å². The molecule has 3 nitrogen and oxygen atoms in total. The lowest BCUT2D eigenvalue weighted by Crippen LogP contribution is -2.00. The van der Waals surface area contributed by atoms with Gasteiger partial charge in [-0.3, -0.25) is 4.79 Å². The van der Waals surface area contributed by atoms with Gasteiger partial charge in [0.2, 0.25) is 5.78 Å². The van der Waals surface area contributed by atoms with Crippen molar-refractivity contribution in [2.45, 2.75) is 6.92 Å². The minimum absolute atomic E-state index is 0.0166. The van der Waals surface area contributed by atoms with Crippen LogP contribution >= 0.6 is 11.5 Å². The first-order chi connectivity index (χ1) is 9.75. The fraction of sp³-hybridized carbons (Fsp3) is 0.0625. The summed E-state index contributed by atoms with van der Waals surface area (Å²) < 4.78 is 3.80. The molecule has 0 amide bonds. The van der Waals surface area contributed by atoms with Gasteiger partial charge >= 0.3 is 0 Å². The van der Waals surface area contributed by atoms with Crippen LogP contribution in [0.15, 0.2) is 54.6 Å². The zero-order chi connectivity index (χ0) is 13.9. The summed E-state index contributed by atoms with van der Waals surface area (Å²) in [6.45, 7) is 1.80. The minimum Gasteiger partial charge on any atom is -0.288 e. The van der Waals surface area contributed by atoms with E-state index in [9.17, 15) is 4.79 Å². The van der Waals surface area contributed by atoms with Crippen LogP contribution in [-0.4, -0.2) is 15.4 Å². The lowest BCUT2D eigenvalue weighted by atomic mass is 10.0. The molecule has 0 saturated heterocycles. The van der Waals surface area contributed by atoms with Gasteiger partial charge in [0.05, 0.1) is 5.69 Å². The average molecular weight is 280 g/mol. The first-order valence-corrected chi connectivity index (χ1v) is 7.02. The predicted molar refractivity (Wildman–Crippen MR) is 80.0 cm³/mol. The van der Waals surface area contributed by atoms with Crippen molar-refractivity contribution in [3.63, 3.8) is 0 Å². The molecule has 98 valence electrons. The van der Waals surface area contributed by atoms with E-state index in [0.717, 1.165) is 22.7 Å². The van der Waals surface area contributed by atoms with E-state index in [1.54, 1.807) is 6.92 Å². The molecule has 0 N–H and O–H groups in total. The third-order valence-corrected chi connectivity index (χ3v) is 3.94. The van der Waals surface area contributed by atoms with E-state index >= 15 is 0 Å². The second-order valence-electron chi connectivity index (χ2n) is 4.46. The Labute approximate surface area is 121 Å². The van der Waals surface area contributed by atoms with Gasteiger partial charge in [-0.25, -0.2) is 0 Å². The van der Waals surface area contributed by atoms with Crippen molar-refractivity contribution in [2.24, 2.45) is 0 Å². The highest BCUT2D eigenvalue weighted by Gasteiger charge is 2.15. The van der Waals surface area contributed by atoms with Crippen molar-refractivity contribution in [1.29, 1.82) is 0 Å². The summed E-state index contributed by atoms with van der Waals surface area (Å²) in [7, 11) is 0.